The number of nitrogens with one attached hydrogen (secondary N) is 1. The second-order valence-electron chi connectivity index (χ2n) is 0.407. The summed E-state index contributed by atoms with van der Waals surface area (Å²) in [6, 6.07) is 0. The summed E-state index contributed by atoms with van der Waals surface area (Å²) >= 11 is 0. The molecule has 0 spiro atoms. The van der Waals surface area contributed by atoms with E-state index in [1.165, 1.54) is 6.21 Å². The topological polar surface area (TPSA) is 54.1 Å². The van der Waals surface area contributed by atoms with Crippen LogP contribution in [0, 0.1) is 5.21 Å². The highest BCUT2D eigenvalue weighted by Crippen LogP contribution is 1.06. The maximum atomic E-state index is 8.99. The summed E-state index contributed by atoms with van der Waals surface area (Å²) in [5, 5.41) is 10.5. The van der Waals surface area contributed by atoms with Gasteiger partial charge in [-0.3, -0.25) is 0 Å². The summed E-state index contributed by atoms with van der Waals surface area (Å²) < 4.78 is 0. The highest BCUT2D eigenvalue weighted by Gasteiger charge is 1.36. The Labute approximate surface area is 36.3 Å². The predicted molar refractivity (Wildman–Crippen MR) is 23.2 cm³/mol. The minimum absolute atomic E-state index is 1.32. The van der Waals surface area contributed by atoms with Gasteiger partial charge in [0.05, 0.1) is 0 Å². The van der Waals surface area contributed by atoms with Gasteiger partial charge in [-0.05, 0) is 0 Å². The fourth-order valence-electron chi connectivity index (χ4n) is 0. The lowest BCUT2D eigenvalue weighted by Crippen LogP contribution is -2.59. The third-order valence-electron chi connectivity index (χ3n) is 0.118. The summed E-state index contributed by atoms with van der Waals surface area (Å²) in [5.74, 6) is 0. The van der Waals surface area contributed by atoms with E-state index in [1.54, 1.807) is 12.1 Å². The quantitative estimate of drug-likeness (QED) is 0.222. The number of hydrogen-bond donors (Lipinski definition) is 1. The Morgan fingerprint density at radius 1 is 1.83 bits per heavy atom. The van der Waals surface area contributed by atoms with Crippen LogP contribution in [-0.2, 0) is 4.79 Å². The van der Waals surface area contributed by atoms with Gasteiger partial charge in [-0.2, -0.15) is 0 Å². The first kappa shape index (κ1) is 8.94. The Morgan fingerprint density at radius 3 is 2.00 bits per heavy atom. The number of carbonyl (C=O) groups is 1. The van der Waals surface area contributed by atoms with Gasteiger partial charge in [-0.15, -0.1) is 0 Å². The van der Waals surface area contributed by atoms with Crippen LogP contribution in [0.2, 0.25) is 0 Å². The lowest BCUT2D eigenvalue weighted by atomic mass is 10.9. The van der Waals surface area contributed by atoms with Crippen LogP contribution in [0.1, 0.15) is 6.92 Å². The molecule has 0 amide bonds. The van der Waals surface area contributed by atoms with Crippen molar-refractivity contribution in [3.8, 4) is 0 Å². The predicted octanol–water partition coefficient (Wildman–Crippen LogP) is -1.53. The van der Waals surface area contributed by atoms with Gasteiger partial charge in [0.15, 0.2) is 0 Å². The van der Waals surface area contributed by atoms with Gasteiger partial charge in [0, 0.05) is 6.92 Å². The van der Waals surface area contributed by atoms with Crippen molar-refractivity contribution in [3.05, 3.63) is 5.21 Å². The molecule has 0 aromatic carbocycles. The van der Waals surface area contributed by atoms with Crippen LogP contribution in [0.25, 0.3) is 0 Å². The van der Waals surface area contributed by atoms with Crippen molar-refractivity contribution < 1.29 is 9.95 Å². The van der Waals surface area contributed by atoms with Crippen LogP contribution in [0.4, 0.5) is 0 Å². The molecule has 0 radical (unpaired) electrons. The third-order valence-corrected chi connectivity index (χ3v) is 0.118. The summed E-state index contributed by atoms with van der Waals surface area (Å²) in [7, 11) is 0. The molecule has 0 saturated heterocycles. The first-order valence-electron chi connectivity index (χ1n) is 1.36. The normalized spacial score (nSPS) is 6.83. The first-order valence-corrected chi connectivity index (χ1v) is 1.36. The Kier molecular flexibility index (Phi) is 46.8. The van der Waals surface area contributed by atoms with E-state index in [0.717, 1.165) is 0 Å². The molecule has 0 heterocycles. The second kappa shape index (κ2) is 31.4. The lowest BCUT2D eigenvalue weighted by molar-refractivity contribution is -0.367. The Bertz CT molecular complexity index is 31.8. The zero-order valence-electron chi connectivity index (χ0n) is 3.60. The number of carbonyl (C=O) groups excluding carboxylic acids is 1. The maximum Gasteiger partial charge on any atom is 0.145 e. The van der Waals surface area contributed by atoms with E-state index < -0.39 is 0 Å². The molecule has 0 aromatic rings. The van der Waals surface area contributed by atoms with Gasteiger partial charge in [0.1, 0.15) is 13.0 Å². The molecule has 0 fully saturated rings. The largest absolute Gasteiger partial charge is 0.626 e. The monoisotopic (exact) mass is 89.0 g/mol. The van der Waals surface area contributed by atoms with Crippen molar-refractivity contribution in [1.29, 1.82) is 0 Å². The molecule has 0 aliphatic rings. The summed E-state index contributed by atoms with van der Waals surface area (Å²) in [4.78, 5) is 8.00. The molecule has 3 nitrogen and oxygen atoms in total. The van der Waals surface area contributed by atoms with E-state index in [1.807, 2.05) is 6.79 Å². The smallest absolute Gasteiger partial charge is 0.145 e. The molecule has 0 saturated carbocycles. The molecule has 6 heavy (non-hydrogen) atoms. The average Bonchev–Trinajstić information content (AvgIpc) is 1.72. The van der Waals surface area contributed by atoms with Crippen molar-refractivity contribution in [2.24, 2.45) is 0 Å². The van der Waals surface area contributed by atoms with Crippen LogP contribution >= 0.6 is 0 Å². The molecule has 0 bridgehead atoms. The fourth-order valence-corrected chi connectivity index (χ4v) is 0. The number of rotatable bonds is 0. The van der Waals surface area contributed by atoms with Gasteiger partial charge in [-0.25, -0.2) is 5.16 Å². The molecular weight excluding hydrogens is 82.0 g/mol. The molecular formula is C3H7NO2. The van der Waals surface area contributed by atoms with Gasteiger partial charge in [0.2, 0.25) is 0 Å². The SMILES string of the molecule is C=O.CC=[NH+][O-]. The van der Waals surface area contributed by atoms with E-state index in [9.17, 15) is 0 Å². The molecule has 0 atom stereocenters. The molecule has 0 unspecified atom stereocenters. The molecule has 3 heteroatoms. The van der Waals surface area contributed by atoms with E-state index in [-0.39, 0.29) is 0 Å². The van der Waals surface area contributed by atoms with Crippen molar-refractivity contribution in [2.45, 2.75) is 6.92 Å². The zero-order chi connectivity index (χ0) is 5.41. The van der Waals surface area contributed by atoms with Crippen LogP contribution in [0.3, 0.4) is 0 Å². The highest BCUT2D eigenvalue weighted by atomic mass is 16.4. The molecule has 0 aliphatic heterocycles. The minimum Gasteiger partial charge on any atom is -0.626 e. The van der Waals surface area contributed by atoms with Gasteiger partial charge >= 0.3 is 0 Å². The van der Waals surface area contributed by atoms with Crippen molar-refractivity contribution >= 4 is 13.0 Å². The van der Waals surface area contributed by atoms with Gasteiger partial charge < -0.3 is 10.0 Å². The van der Waals surface area contributed by atoms with Crippen molar-refractivity contribution in [1.82, 2.24) is 0 Å². The van der Waals surface area contributed by atoms with E-state index in [0.29, 0.717) is 0 Å². The van der Waals surface area contributed by atoms with E-state index >= 15 is 0 Å². The zero-order valence-corrected chi connectivity index (χ0v) is 3.60. The van der Waals surface area contributed by atoms with Gasteiger partial charge in [0.25, 0.3) is 0 Å². The third kappa shape index (κ3) is 734. The standard InChI is InChI=1S/C2H5NO.CH2O/c1-2-3-4;1-2/h2-3H,1H3;1H2. The Balaban J connectivity index is 0. The summed E-state index contributed by atoms with van der Waals surface area (Å²) in [6.07, 6.45) is 1.32. The van der Waals surface area contributed by atoms with Crippen LogP contribution in [-0.4, -0.2) is 13.0 Å². The van der Waals surface area contributed by atoms with E-state index in [2.05, 4.69) is 0 Å². The fraction of sp³-hybridized carbons (Fsp3) is 0.333. The summed E-state index contributed by atoms with van der Waals surface area (Å²) in [6.45, 7) is 3.63. The number of hydrogen-bond acceptors (Lipinski definition) is 2. The van der Waals surface area contributed by atoms with Crippen LogP contribution in [0.5, 0.6) is 0 Å². The Hall–Kier alpha value is -0.860. The lowest BCUT2D eigenvalue weighted by Gasteiger charge is -1.64. The molecule has 0 aromatic heterocycles. The van der Waals surface area contributed by atoms with Crippen molar-refractivity contribution in [3.63, 3.8) is 0 Å². The molecule has 0 rings (SSSR count). The first-order chi connectivity index (χ1) is 2.91. The average molecular weight is 89.1 g/mol. The minimum atomic E-state index is 1.32. The molecule has 36 valence electrons. The van der Waals surface area contributed by atoms with Crippen molar-refractivity contribution in [2.75, 3.05) is 0 Å². The van der Waals surface area contributed by atoms with Crippen LogP contribution < -0.4 is 5.16 Å². The summed E-state index contributed by atoms with van der Waals surface area (Å²) in [5.41, 5.74) is 0. The Morgan fingerprint density at radius 2 is 2.00 bits per heavy atom. The molecule has 1 N–H and O–H groups in total. The highest BCUT2D eigenvalue weighted by molar-refractivity contribution is 5.45. The van der Waals surface area contributed by atoms with E-state index in [4.69, 9.17) is 10.0 Å². The van der Waals surface area contributed by atoms with Gasteiger partial charge in [-0.1, -0.05) is 0 Å². The molecule has 0 aliphatic carbocycles. The second-order valence-corrected chi connectivity index (χ2v) is 0.407. The van der Waals surface area contributed by atoms with Crippen LogP contribution in [0.15, 0.2) is 0 Å². The maximum absolute atomic E-state index is 8.99.